The van der Waals surface area contributed by atoms with E-state index in [1.165, 1.54) is 77.0 Å². The standard InChI is InChI=1S/C43H78O14P2/c1-4-5-23-29-40-41(57-40)30-25-20-16-12-9-10-13-17-21-26-31-42(45)52-35-39(36-55-59(50,51)54-34-38(44)33-53-58(47,48)49)56-43(46)32-27-22-18-14-8-6-7-11-15-19-24-28-37(2)3/h9,12-13,17,20,25,37-41,44H,4-8,10-11,14-16,18-19,21-24,26-36H2,1-3H3,(H,50,51)(H2,47,48,49)/b12-9-,17-13-,25-20-/t38-,39+,40?,41?/m0/s1. The number of carbonyl (C=O) groups is 2. The second-order valence-electron chi connectivity index (χ2n) is 15.8. The maximum Gasteiger partial charge on any atom is 0.472 e. The van der Waals surface area contributed by atoms with E-state index in [9.17, 15) is 28.7 Å². The molecule has 0 aromatic heterocycles. The molecular formula is C43H78O14P2. The SMILES string of the molecule is CCCCCC1OC1C/C=C\C/C=C\C/C=C\CCCC(=O)OC[C@H](COP(=O)(O)OC[C@@H](O)COP(=O)(O)O)OC(=O)CCCCCCCCCCCCCC(C)C. The normalized spacial score (nSPS) is 17.9. The van der Waals surface area contributed by atoms with Crippen molar-refractivity contribution < 1.29 is 66.3 Å². The van der Waals surface area contributed by atoms with Crippen molar-refractivity contribution in [3.8, 4) is 0 Å². The van der Waals surface area contributed by atoms with Crippen LogP contribution in [0, 0.1) is 5.92 Å². The van der Waals surface area contributed by atoms with Gasteiger partial charge in [-0.2, -0.15) is 0 Å². The highest BCUT2D eigenvalue weighted by Crippen LogP contribution is 2.44. The Hall–Kier alpha value is -1.70. The largest absolute Gasteiger partial charge is 0.472 e. The van der Waals surface area contributed by atoms with Gasteiger partial charge in [0.1, 0.15) is 12.7 Å². The minimum atomic E-state index is -4.87. The topological polar surface area (TPSA) is 208 Å². The fourth-order valence-corrected chi connectivity index (χ4v) is 7.30. The van der Waals surface area contributed by atoms with Gasteiger partial charge in [0, 0.05) is 12.8 Å². The Balaban J connectivity index is 2.38. The van der Waals surface area contributed by atoms with Crippen LogP contribution in [-0.4, -0.2) is 82.6 Å². The first-order valence-corrected chi connectivity index (χ1v) is 25.2. The minimum absolute atomic E-state index is 0.116. The van der Waals surface area contributed by atoms with Gasteiger partial charge in [-0.3, -0.25) is 23.2 Å². The number of esters is 2. The third kappa shape index (κ3) is 36.7. The number of aliphatic hydroxyl groups excluding tert-OH is 1. The fourth-order valence-electron chi connectivity index (χ4n) is 6.15. The molecule has 344 valence electrons. The Labute approximate surface area is 354 Å². The Bertz CT molecular complexity index is 1270. The Morgan fingerprint density at radius 2 is 1.20 bits per heavy atom. The third-order valence-corrected chi connectivity index (χ3v) is 11.1. The van der Waals surface area contributed by atoms with E-state index < -0.39 is 66.2 Å². The molecular weight excluding hydrogens is 802 g/mol. The molecule has 0 aromatic rings. The summed E-state index contributed by atoms with van der Waals surface area (Å²) in [6, 6.07) is 0. The summed E-state index contributed by atoms with van der Waals surface area (Å²) in [5.74, 6) is -0.323. The van der Waals surface area contributed by atoms with E-state index in [4.69, 9.17) is 28.5 Å². The second-order valence-corrected chi connectivity index (χ2v) is 18.5. The summed E-state index contributed by atoms with van der Waals surface area (Å²) in [5, 5.41) is 9.74. The summed E-state index contributed by atoms with van der Waals surface area (Å²) in [5.41, 5.74) is 0. The van der Waals surface area contributed by atoms with E-state index in [-0.39, 0.29) is 12.8 Å². The number of epoxide rings is 1. The summed E-state index contributed by atoms with van der Waals surface area (Å²) >= 11 is 0. The predicted octanol–water partition coefficient (Wildman–Crippen LogP) is 10.1. The lowest BCUT2D eigenvalue weighted by molar-refractivity contribution is -0.161. The van der Waals surface area contributed by atoms with Crippen LogP contribution in [-0.2, 0) is 46.5 Å². The van der Waals surface area contributed by atoms with E-state index in [2.05, 4.69) is 54.1 Å². The van der Waals surface area contributed by atoms with E-state index >= 15 is 0 Å². The number of aliphatic hydroxyl groups is 1. The van der Waals surface area contributed by atoms with Crippen molar-refractivity contribution in [3.63, 3.8) is 0 Å². The van der Waals surface area contributed by atoms with Crippen molar-refractivity contribution in [2.75, 3.05) is 26.4 Å². The summed E-state index contributed by atoms with van der Waals surface area (Å²) in [6.45, 7) is 3.97. The zero-order valence-corrected chi connectivity index (χ0v) is 38.0. The molecule has 1 fully saturated rings. The number of allylic oxidation sites excluding steroid dienone is 5. The zero-order valence-electron chi connectivity index (χ0n) is 36.2. The molecule has 0 saturated carbocycles. The smallest absolute Gasteiger partial charge is 0.462 e. The lowest BCUT2D eigenvalue weighted by atomic mass is 10.0. The van der Waals surface area contributed by atoms with Crippen LogP contribution in [0.4, 0.5) is 0 Å². The maximum atomic E-state index is 12.7. The molecule has 0 aromatic carbocycles. The van der Waals surface area contributed by atoms with Gasteiger partial charge >= 0.3 is 27.6 Å². The summed E-state index contributed by atoms with van der Waals surface area (Å²) in [4.78, 5) is 52.7. The summed E-state index contributed by atoms with van der Waals surface area (Å²) in [7, 11) is -9.69. The van der Waals surface area contributed by atoms with Crippen LogP contribution in [0.25, 0.3) is 0 Å². The van der Waals surface area contributed by atoms with Crippen LogP contribution >= 0.6 is 15.6 Å². The third-order valence-electron chi connectivity index (χ3n) is 9.62. The van der Waals surface area contributed by atoms with E-state index in [1.54, 1.807) is 0 Å². The highest BCUT2D eigenvalue weighted by atomic mass is 31.2. The molecule has 3 unspecified atom stereocenters. The first-order chi connectivity index (χ1) is 28.2. The average molecular weight is 881 g/mol. The van der Waals surface area contributed by atoms with Crippen LogP contribution in [0.5, 0.6) is 0 Å². The van der Waals surface area contributed by atoms with Crippen LogP contribution in [0.3, 0.4) is 0 Å². The zero-order chi connectivity index (χ0) is 43.6. The van der Waals surface area contributed by atoms with Crippen molar-refractivity contribution in [2.24, 2.45) is 5.92 Å². The van der Waals surface area contributed by atoms with E-state index in [1.807, 2.05) is 12.2 Å². The molecule has 0 aliphatic carbocycles. The Morgan fingerprint density at radius 3 is 1.83 bits per heavy atom. The molecule has 0 bridgehead atoms. The Morgan fingerprint density at radius 1 is 0.644 bits per heavy atom. The van der Waals surface area contributed by atoms with Gasteiger partial charge in [-0.1, -0.05) is 147 Å². The number of rotatable bonds is 40. The first-order valence-electron chi connectivity index (χ1n) is 22.2. The van der Waals surface area contributed by atoms with Gasteiger partial charge in [0.15, 0.2) is 6.10 Å². The highest BCUT2D eigenvalue weighted by molar-refractivity contribution is 7.47. The summed E-state index contributed by atoms with van der Waals surface area (Å²) < 4.78 is 53.4. The Kier molecular flexibility index (Phi) is 32.7. The quantitative estimate of drug-likeness (QED) is 0.0149. The molecule has 59 heavy (non-hydrogen) atoms. The number of carbonyl (C=O) groups excluding carboxylic acids is 2. The van der Waals surface area contributed by atoms with Crippen LogP contribution in [0.15, 0.2) is 36.5 Å². The molecule has 5 atom stereocenters. The van der Waals surface area contributed by atoms with Crippen LogP contribution < -0.4 is 0 Å². The lowest BCUT2D eigenvalue weighted by Crippen LogP contribution is -2.30. The molecule has 1 aliphatic rings. The minimum Gasteiger partial charge on any atom is -0.462 e. The van der Waals surface area contributed by atoms with Crippen molar-refractivity contribution >= 4 is 27.6 Å². The highest BCUT2D eigenvalue weighted by Gasteiger charge is 2.36. The van der Waals surface area contributed by atoms with E-state index in [0.717, 1.165) is 44.4 Å². The first kappa shape index (κ1) is 55.3. The number of ether oxygens (including phenoxy) is 3. The van der Waals surface area contributed by atoms with Crippen molar-refractivity contribution in [2.45, 2.75) is 193 Å². The number of phosphoric ester groups is 2. The number of hydrogen-bond acceptors (Lipinski definition) is 11. The van der Waals surface area contributed by atoms with Gasteiger partial charge in [-0.25, -0.2) is 9.13 Å². The van der Waals surface area contributed by atoms with Gasteiger partial charge in [0.25, 0.3) is 0 Å². The molecule has 0 spiro atoms. The predicted molar refractivity (Wildman–Crippen MR) is 229 cm³/mol. The fraction of sp³-hybridized carbons (Fsp3) is 0.814. The molecule has 16 heteroatoms. The van der Waals surface area contributed by atoms with Gasteiger partial charge in [-0.05, 0) is 50.9 Å². The summed E-state index contributed by atoms with van der Waals surface area (Å²) in [6.07, 6.45) is 33.3. The van der Waals surface area contributed by atoms with Crippen molar-refractivity contribution in [1.29, 1.82) is 0 Å². The molecule has 14 nitrogen and oxygen atoms in total. The van der Waals surface area contributed by atoms with Gasteiger partial charge < -0.3 is 34.0 Å². The number of unbranched alkanes of at least 4 members (excludes halogenated alkanes) is 13. The van der Waals surface area contributed by atoms with Crippen molar-refractivity contribution in [3.05, 3.63) is 36.5 Å². The second kappa shape index (κ2) is 34.8. The van der Waals surface area contributed by atoms with Crippen LogP contribution in [0.1, 0.15) is 168 Å². The molecule has 1 aliphatic heterocycles. The monoisotopic (exact) mass is 880 g/mol. The van der Waals surface area contributed by atoms with Crippen LogP contribution in [0.2, 0.25) is 0 Å². The maximum absolute atomic E-state index is 12.7. The van der Waals surface area contributed by atoms with Gasteiger partial charge in [-0.15, -0.1) is 0 Å². The number of phosphoric acid groups is 2. The molecule has 1 rings (SSSR count). The van der Waals surface area contributed by atoms with E-state index in [0.29, 0.717) is 31.5 Å². The molecule has 1 saturated heterocycles. The molecule has 0 radical (unpaired) electrons. The number of hydrogen-bond donors (Lipinski definition) is 4. The molecule has 1 heterocycles. The van der Waals surface area contributed by atoms with Gasteiger partial charge in [0.05, 0.1) is 32.0 Å². The van der Waals surface area contributed by atoms with Crippen molar-refractivity contribution in [1.82, 2.24) is 0 Å². The average Bonchev–Trinajstić information content (AvgIpc) is 3.93. The molecule has 0 amide bonds. The molecule has 4 N–H and O–H groups in total. The lowest BCUT2D eigenvalue weighted by Gasteiger charge is -2.20. The van der Waals surface area contributed by atoms with Gasteiger partial charge in [0.2, 0.25) is 0 Å².